The number of nitrogens with one attached hydrogen (secondary N) is 2. The lowest BCUT2D eigenvalue weighted by Gasteiger charge is -2.09. The summed E-state index contributed by atoms with van der Waals surface area (Å²) in [6.07, 6.45) is 0.976. The molecule has 118 valence electrons. The molecule has 0 saturated carbocycles. The highest BCUT2D eigenvalue weighted by molar-refractivity contribution is 7.90. The maximum absolute atomic E-state index is 12.1. The number of benzene rings is 1. The number of hydrogen-bond acceptors (Lipinski definition) is 5. The highest BCUT2D eigenvalue weighted by atomic mass is 32.2. The van der Waals surface area contributed by atoms with E-state index in [1.807, 2.05) is 0 Å². The summed E-state index contributed by atoms with van der Waals surface area (Å²) in [7, 11) is -5.68. The van der Waals surface area contributed by atoms with Crippen LogP contribution in [0.25, 0.3) is 5.69 Å². The van der Waals surface area contributed by atoms with E-state index < -0.39 is 21.4 Å². The second-order valence-corrected chi connectivity index (χ2v) is 5.53. The lowest BCUT2D eigenvalue weighted by Crippen LogP contribution is -2.47. The maximum Gasteiger partial charge on any atom is 0.513 e. The zero-order valence-corrected chi connectivity index (χ0v) is 11.4. The van der Waals surface area contributed by atoms with Crippen LogP contribution in [0.1, 0.15) is 10.5 Å². The van der Waals surface area contributed by atoms with Crippen molar-refractivity contribution in [1.82, 2.24) is 25.3 Å². The molecule has 1 amide bonds. The molecular formula is C10H8F3N5O3S. The molecule has 12 heteroatoms. The fraction of sp³-hybridized carbons (Fsp3) is 0.100. The van der Waals surface area contributed by atoms with Crippen LogP contribution in [0.15, 0.2) is 36.5 Å². The van der Waals surface area contributed by atoms with Gasteiger partial charge in [-0.1, -0.05) is 18.2 Å². The Labute approximate surface area is 122 Å². The third-order valence-corrected chi connectivity index (χ3v) is 3.30. The van der Waals surface area contributed by atoms with Crippen LogP contribution in [-0.2, 0) is 10.0 Å². The average molecular weight is 335 g/mol. The fourth-order valence-electron chi connectivity index (χ4n) is 1.29. The van der Waals surface area contributed by atoms with E-state index in [2.05, 4.69) is 10.2 Å². The average Bonchev–Trinajstić information content (AvgIpc) is 2.94. The molecule has 0 bridgehead atoms. The lowest BCUT2D eigenvalue weighted by atomic mass is 10.3. The summed E-state index contributed by atoms with van der Waals surface area (Å²) in [6, 6.07) is 8.39. The minimum absolute atomic E-state index is 0.367. The van der Waals surface area contributed by atoms with Crippen LogP contribution in [0.4, 0.5) is 13.2 Å². The van der Waals surface area contributed by atoms with Crippen molar-refractivity contribution < 1.29 is 26.4 Å². The number of nitrogens with zero attached hydrogens (tertiary/aromatic N) is 3. The molecule has 1 heterocycles. The van der Waals surface area contributed by atoms with Crippen LogP contribution in [-0.4, -0.2) is 34.8 Å². The molecule has 2 aromatic rings. The predicted octanol–water partition coefficient (Wildman–Crippen LogP) is 0.351. The number of aromatic nitrogens is 3. The molecule has 2 rings (SSSR count). The second kappa shape index (κ2) is 5.73. The molecule has 0 aliphatic rings. The molecule has 1 aromatic carbocycles. The Morgan fingerprint density at radius 1 is 1.18 bits per heavy atom. The number of hydrazine groups is 1. The molecular weight excluding hydrogens is 327 g/mol. The van der Waals surface area contributed by atoms with Gasteiger partial charge < -0.3 is 0 Å². The van der Waals surface area contributed by atoms with Gasteiger partial charge in [0.1, 0.15) is 0 Å². The zero-order valence-electron chi connectivity index (χ0n) is 10.6. The van der Waals surface area contributed by atoms with Crippen LogP contribution in [0.2, 0.25) is 0 Å². The first kappa shape index (κ1) is 15.9. The maximum atomic E-state index is 12.1. The van der Waals surface area contributed by atoms with E-state index in [1.54, 1.807) is 30.3 Å². The van der Waals surface area contributed by atoms with Crippen LogP contribution in [0.5, 0.6) is 0 Å². The summed E-state index contributed by atoms with van der Waals surface area (Å²) in [5.41, 5.74) is -4.00. The van der Waals surface area contributed by atoms with E-state index in [-0.39, 0.29) is 5.69 Å². The smallest absolute Gasteiger partial charge is 0.272 e. The van der Waals surface area contributed by atoms with Gasteiger partial charge in [0.2, 0.25) is 0 Å². The van der Waals surface area contributed by atoms with E-state index in [4.69, 9.17) is 0 Å². The number of hydrogen-bond donors (Lipinski definition) is 2. The molecule has 0 aliphatic carbocycles. The summed E-state index contributed by atoms with van der Waals surface area (Å²) in [4.78, 5) is 13.5. The van der Waals surface area contributed by atoms with E-state index in [9.17, 15) is 26.4 Å². The Balaban J connectivity index is 2.08. The van der Waals surface area contributed by atoms with Crippen LogP contribution in [0.3, 0.4) is 0 Å². The van der Waals surface area contributed by atoms with Crippen molar-refractivity contribution in [3.63, 3.8) is 0 Å². The van der Waals surface area contributed by atoms with E-state index in [0.29, 0.717) is 5.69 Å². The second-order valence-electron chi connectivity index (χ2n) is 3.86. The molecule has 2 N–H and O–H groups in total. The Morgan fingerprint density at radius 2 is 1.82 bits per heavy atom. The van der Waals surface area contributed by atoms with E-state index in [1.165, 1.54) is 5.43 Å². The minimum atomic E-state index is -5.68. The number of sulfonamides is 1. The van der Waals surface area contributed by atoms with Crippen molar-refractivity contribution in [2.24, 2.45) is 0 Å². The van der Waals surface area contributed by atoms with Gasteiger partial charge in [-0.2, -0.15) is 23.1 Å². The van der Waals surface area contributed by atoms with Gasteiger partial charge in [-0.3, -0.25) is 10.2 Å². The minimum Gasteiger partial charge on any atom is -0.272 e. The molecule has 0 radical (unpaired) electrons. The molecule has 0 aliphatic heterocycles. The Morgan fingerprint density at radius 3 is 2.41 bits per heavy atom. The Kier molecular flexibility index (Phi) is 4.14. The van der Waals surface area contributed by atoms with Crippen molar-refractivity contribution in [2.45, 2.75) is 5.51 Å². The fourth-order valence-corrected chi connectivity index (χ4v) is 1.63. The molecule has 0 atom stereocenters. The van der Waals surface area contributed by atoms with Gasteiger partial charge in [0.05, 0.1) is 11.9 Å². The number of halogens is 3. The predicted molar refractivity (Wildman–Crippen MR) is 66.9 cm³/mol. The van der Waals surface area contributed by atoms with Crippen molar-refractivity contribution in [3.05, 3.63) is 42.2 Å². The summed E-state index contributed by atoms with van der Waals surface area (Å²) in [5.74, 6) is -1.19. The monoisotopic (exact) mass is 335 g/mol. The van der Waals surface area contributed by atoms with Crippen molar-refractivity contribution in [1.29, 1.82) is 0 Å². The number of carbonyl (C=O) groups is 1. The van der Waals surface area contributed by atoms with Crippen LogP contribution in [0, 0.1) is 0 Å². The third-order valence-electron chi connectivity index (χ3n) is 2.32. The molecule has 1 aromatic heterocycles. The molecule has 8 nitrogen and oxygen atoms in total. The van der Waals surface area contributed by atoms with Crippen LogP contribution >= 0.6 is 0 Å². The first-order valence-corrected chi connectivity index (χ1v) is 7.05. The van der Waals surface area contributed by atoms with Gasteiger partial charge in [-0.05, 0) is 12.1 Å². The Bertz CT molecular complexity index is 773. The summed E-state index contributed by atoms with van der Waals surface area (Å²) < 4.78 is 57.7. The lowest BCUT2D eigenvalue weighted by molar-refractivity contribution is -0.0450. The van der Waals surface area contributed by atoms with Gasteiger partial charge in [0.25, 0.3) is 5.91 Å². The van der Waals surface area contributed by atoms with Gasteiger partial charge >= 0.3 is 15.5 Å². The quantitative estimate of drug-likeness (QED) is 0.784. The van der Waals surface area contributed by atoms with Gasteiger partial charge in [-0.15, -0.1) is 9.93 Å². The van der Waals surface area contributed by atoms with E-state index >= 15 is 0 Å². The van der Waals surface area contributed by atoms with Gasteiger partial charge in [0.15, 0.2) is 5.69 Å². The van der Waals surface area contributed by atoms with Crippen molar-refractivity contribution >= 4 is 15.9 Å². The molecule has 0 unspecified atom stereocenters. The standard InChI is InChI=1S/C10H8F3N5O3S/c11-10(12,13)22(20,21)17-15-9(19)8-6-14-18(16-8)7-4-2-1-3-5-7/h1-6,17H,(H,15,19). The Hall–Kier alpha value is -2.47. The number of amides is 1. The number of rotatable bonds is 4. The highest BCUT2D eigenvalue weighted by Gasteiger charge is 2.46. The normalized spacial score (nSPS) is 12.1. The SMILES string of the molecule is O=C(NNS(=O)(=O)C(F)(F)F)c1cnn(-c2ccccc2)n1. The van der Waals surface area contributed by atoms with Gasteiger partial charge in [0, 0.05) is 0 Å². The number of carbonyl (C=O) groups excluding carboxylic acids is 1. The number of alkyl halides is 3. The van der Waals surface area contributed by atoms with Crippen LogP contribution < -0.4 is 10.3 Å². The molecule has 22 heavy (non-hydrogen) atoms. The summed E-state index contributed by atoms with van der Waals surface area (Å²) in [6.45, 7) is 0. The molecule has 0 spiro atoms. The molecule has 0 saturated heterocycles. The highest BCUT2D eigenvalue weighted by Crippen LogP contribution is 2.20. The van der Waals surface area contributed by atoms with Gasteiger partial charge in [-0.25, -0.2) is 8.42 Å². The molecule has 0 fully saturated rings. The van der Waals surface area contributed by atoms with Crippen molar-refractivity contribution in [2.75, 3.05) is 0 Å². The number of para-hydroxylation sites is 1. The third kappa shape index (κ3) is 3.40. The first-order chi connectivity index (χ1) is 10.2. The van der Waals surface area contributed by atoms with E-state index in [0.717, 1.165) is 15.8 Å². The largest absolute Gasteiger partial charge is 0.513 e. The first-order valence-electron chi connectivity index (χ1n) is 5.57. The summed E-state index contributed by atoms with van der Waals surface area (Å²) >= 11 is 0. The van der Waals surface area contributed by atoms with Crippen molar-refractivity contribution in [3.8, 4) is 5.69 Å². The topological polar surface area (TPSA) is 106 Å². The summed E-state index contributed by atoms with van der Waals surface area (Å²) in [5, 5.41) is 7.47. The zero-order chi connectivity index (χ0) is 16.4.